The van der Waals surface area contributed by atoms with Crippen molar-refractivity contribution < 1.29 is 58.2 Å². The van der Waals surface area contributed by atoms with E-state index in [4.69, 9.17) is 23.7 Å². The molecule has 1 saturated carbocycles. The maximum atomic E-state index is 14.2. The number of ether oxygens (including phenoxy) is 5. The molecule has 3 heterocycles. The average molecular weight is 778 g/mol. The topological polar surface area (TPSA) is 178 Å². The number of ketones is 2. The van der Waals surface area contributed by atoms with Crippen LogP contribution in [0.5, 0.6) is 0 Å². The van der Waals surface area contributed by atoms with Gasteiger partial charge in [-0.25, -0.2) is 4.79 Å². The fraction of sp³-hybridized carbons (Fsp3) is 0.810. The second-order valence-electron chi connectivity index (χ2n) is 16.9. The number of hydrogen-bond donors (Lipinski definition) is 3. The molecule has 3 aliphatic heterocycles. The highest BCUT2D eigenvalue weighted by Crippen LogP contribution is 2.39. The minimum absolute atomic E-state index is 0.0000630. The molecule has 4 rings (SSSR count). The first kappa shape index (κ1) is 45.2. The molecule has 14 unspecified atom stereocenters. The van der Waals surface area contributed by atoms with Crippen LogP contribution in [0.1, 0.15) is 106 Å². The molecule has 13 heteroatoms. The predicted octanol–water partition coefficient (Wildman–Crippen LogP) is 4.08. The van der Waals surface area contributed by atoms with Gasteiger partial charge < -0.3 is 43.9 Å². The highest BCUT2D eigenvalue weighted by Gasteiger charge is 2.56. The van der Waals surface area contributed by atoms with E-state index in [9.17, 15) is 34.5 Å². The summed E-state index contributed by atoms with van der Waals surface area (Å²) in [5.74, 6) is -7.16. The molecule has 3 fully saturated rings. The molecule has 312 valence electrons. The number of allylic oxidation sites excluding steroid dienone is 3. The van der Waals surface area contributed by atoms with Gasteiger partial charge >= 0.3 is 5.97 Å². The van der Waals surface area contributed by atoms with Crippen LogP contribution in [0.4, 0.5) is 0 Å². The van der Waals surface area contributed by atoms with Crippen LogP contribution in [0.3, 0.4) is 0 Å². The minimum Gasteiger partial charge on any atom is -0.456 e. The number of aliphatic hydroxyl groups excluding tert-OH is 2. The molecular formula is C42H67NO12. The van der Waals surface area contributed by atoms with Crippen molar-refractivity contribution in [2.45, 2.75) is 160 Å². The van der Waals surface area contributed by atoms with Crippen LogP contribution in [-0.4, -0.2) is 126 Å². The number of hydrogen-bond acceptors (Lipinski definition) is 12. The van der Waals surface area contributed by atoms with E-state index in [1.807, 2.05) is 26.0 Å². The van der Waals surface area contributed by atoms with Crippen molar-refractivity contribution in [1.29, 1.82) is 0 Å². The fourth-order valence-corrected chi connectivity index (χ4v) is 9.22. The molecule has 3 N–H and O–H groups in total. The van der Waals surface area contributed by atoms with E-state index in [1.54, 1.807) is 27.9 Å². The Morgan fingerprint density at radius 1 is 0.873 bits per heavy atom. The SMILES string of the molecule is COC1CC(C=C(C)C2OC(=O)C3CCCCN3C(=O)C(=O)C3(O)OC(C(OC)CC(C)CC(C)C=C(C)C(=O)CC(O)C2C)C(OC)CC3C)CCC1O. The lowest BCUT2D eigenvalue weighted by atomic mass is 9.81. The monoisotopic (exact) mass is 777 g/mol. The zero-order chi connectivity index (χ0) is 40.8. The number of fused-ring (bicyclic) bond motifs is 3. The lowest BCUT2D eigenvalue weighted by Crippen LogP contribution is -2.64. The number of nitrogens with zero attached hydrogens (tertiary/aromatic N) is 1. The summed E-state index contributed by atoms with van der Waals surface area (Å²) in [7, 11) is 4.62. The molecule has 0 aromatic heterocycles. The number of rotatable bonds is 5. The number of methoxy groups -OCH3 is 3. The molecule has 0 aromatic carbocycles. The summed E-state index contributed by atoms with van der Waals surface area (Å²) in [5.41, 5.74) is 1.18. The third-order valence-corrected chi connectivity index (χ3v) is 12.6. The molecule has 0 radical (unpaired) electrons. The highest BCUT2D eigenvalue weighted by atomic mass is 16.7. The summed E-state index contributed by atoms with van der Waals surface area (Å²) >= 11 is 0. The predicted molar refractivity (Wildman–Crippen MR) is 203 cm³/mol. The Hall–Kier alpha value is -2.52. The molecular weight excluding hydrogens is 710 g/mol. The summed E-state index contributed by atoms with van der Waals surface area (Å²) in [5, 5.41) is 33.9. The largest absolute Gasteiger partial charge is 0.456 e. The molecule has 0 spiro atoms. The van der Waals surface area contributed by atoms with Crippen LogP contribution in [0.2, 0.25) is 0 Å². The molecule has 0 aromatic rings. The van der Waals surface area contributed by atoms with Gasteiger partial charge in [-0.3, -0.25) is 14.4 Å². The second kappa shape index (κ2) is 19.8. The number of Topliss-reactive ketones (excluding diaryl/α,β-unsaturated/α-hetero) is 2. The first-order valence-corrected chi connectivity index (χ1v) is 20.3. The quantitative estimate of drug-likeness (QED) is 0.207. The van der Waals surface area contributed by atoms with E-state index >= 15 is 0 Å². The van der Waals surface area contributed by atoms with E-state index < -0.39 is 77.9 Å². The zero-order valence-corrected chi connectivity index (χ0v) is 34.4. The highest BCUT2D eigenvalue weighted by molar-refractivity contribution is 6.39. The summed E-state index contributed by atoms with van der Waals surface area (Å²) in [6, 6.07) is -1.13. The normalized spacial score (nSPS) is 41.2. The Morgan fingerprint density at radius 2 is 1.53 bits per heavy atom. The second-order valence-corrected chi connectivity index (χ2v) is 16.9. The number of piperidine rings is 1. The lowest BCUT2D eigenvalue weighted by Gasteiger charge is -2.47. The summed E-state index contributed by atoms with van der Waals surface area (Å²) in [6.07, 6.45) is 3.14. The van der Waals surface area contributed by atoms with Gasteiger partial charge in [-0.05, 0) is 101 Å². The van der Waals surface area contributed by atoms with Crippen LogP contribution >= 0.6 is 0 Å². The average Bonchev–Trinajstić information content (AvgIpc) is 3.15. The van der Waals surface area contributed by atoms with E-state index in [-0.39, 0.29) is 55.4 Å². The number of aliphatic hydroxyl groups is 3. The van der Waals surface area contributed by atoms with E-state index in [1.165, 1.54) is 19.1 Å². The van der Waals surface area contributed by atoms with E-state index in [0.29, 0.717) is 56.1 Å². The molecule has 1 amide bonds. The number of carbonyl (C=O) groups is 4. The Kier molecular flexibility index (Phi) is 16.2. The molecule has 14 atom stereocenters. The van der Waals surface area contributed by atoms with Crippen LogP contribution in [-0.2, 0) is 42.9 Å². The molecule has 1 aliphatic carbocycles. The van der Waals surface area contributed by atoms with Crippen molar-refractivity contribution in [3.05, 3.63) is 23.3 Å². The van der Waals surface area contributed by atoms with E-state index in [0.717, 1.165) is 0 Å². The van der Waals surface area contributed by atoms with E-state index in [2.05, 4.69) is 6.92 Å². The van der Waals surface area contributed by atoms with Gasteiger partial charge in [0.1, 0.15) is 18.2 Å². The maximum Gasteiger partial charge on any atom is 0.329 e. The van der Waals surface area contributed by atoms with Gasteiger partial charge in [-0.1, -0.05) is 39.8 Å². The van der Waals surface area contributed by atoms with Gasteiger partial charge in [0.15, 0.2) is 5.78 Å². The summed E-state index contributed by atoms with van der Waals surface area (Å²) < 4.78 is 29.6. The smallest absolute Gasteiger partial charge is 0.329 e. The van der Waals surface area contributed by atoms with Gasteiger partial charge in [0.05, 0.1) is 30.5 Å². The Balaban J connectivity index is 1.75. The van der Waals surface area contributed by atoms with Crippen LogP contribution in [0.25, 0.3) is 0 Å². The number of carbonyl (C=O) groups excluding carboxylic acids is 4. The Labute approximate surface area is 327 Å². The zero-order valence-electron chi connectivity index (χ0n) is 34.4. The molecule has 13 nitrogen and oxygen atoms in total. The van der Waals surface area contributed by atoms with Crippen LogP contribution in [0, 0.1) is 29.6 Å². The number of esters is 1. The first-order valence-electron chi connectivity index (χ1n) is 20.3. The van der Waals surface area contributed by atoms with Gasteiger partial charge in [0.2, 0.25) is 5.79 Å². The Morgan fingerprint density at radius 3 is 2.18 bits per heavy atom. The van der Waals surface area contributed by atoms with Crippen molar-refractivity contribution in [2.24, 2.45) is 29.6 Å². The maximum absolute atomic E-state index is 14.2. The molecule has 2 saturated heterocycles. The fourth-order valence-electron chi connectivity index (χ4n) is 9.22. The van der Waals surface area contributed by atoms with Crippen molar-refractivity contribution in [3.8, 4) is 0 Å². The van der Waals surface area contributed by atoms with Crippen molar-refractivity contribution in [2.75, 3.05) is 27.9 Å². The van der Waals surface area contributed by atoms with Gasteiger partial charge in [0.25, 0.3) is 11.7 Å². The van der Waals surface area contributed by atoms with Crippen LogP contribution in [0.15, 0.2) is 23.3 Å². The molecule has 2 bridgehead atoms. The van der Waals surface area contributed by atoms with Crippen molar-refractivity contribution in [3.63, 3.8) is 0 Å². The third-order valence-electron chi connectivity index (χ3n) is 12.6. The number of cyclic esters (lactones) is 1. The van der Waals surface area contributed by atoms with Gasteiger partial charge in [-0.15, -0.1) is 0 Å². The van der Waals surface area contributed by atoms with Gasteiger partial charge in [-0.2, -0.15) is 0 Å². The van der Waals surface area contributed by atoms with Crippen LogP contribution < -0.4 is 0 Å². The summed E-state index contributed by atoms with van der Waals surface area (Å²) in [6.45, 7) is 11.1. The molecule has 55 heavy (non-hydrogen) atoms. The standard InChI is InChI=1S/C42H67NO12/c1-23-16-24(2)18-35(52-8)38-36(53-9)20-27(5)42(50,55-38)39(47)40(48)43-15-11-10-12-30(43)41(49)54-37(28(6)33(46)22-32(45)25(3)17-23)26(4)19-29-13-14-31(44)34(21-29)51-7/h17,19,23-24,27-31,33-38,44,46,50H,10-16,18,20-22H2,1-9H3. The first-order chi connectivity index (χ1) is 25.9. The number of amides is 1. The van der Waals surface area contributed by atoms with Gasteiger partial charge in [0, 0.05) is 46.1 Å². The third kappa shape index (κ3) is 10.7. The summed E-state index contributed by atoms with van der Waals surface area (Å²) in [4.78, 5) is 57.3. The van der Waals surface area contributed by atoms with Crippen molar-refractivity contribution >= 4 is 23.4 Å². The Bertz CT molecular complexity index is 1410. The lowest BCUT2D eigenvalue weighted by molar-refractivity contribution is -0.302. The minimum atomic E-state index is -2.50. The van der Waals surface area contributed by atoms with Crippen molar-refractivity contribution in [1.82, 2.24) is 4.90 Å². The molecule has 4 aliphatic rings.